The molecule has 0 aromatic heterocycles. The van der Waals surface area contributed by atoms with Crippen LogP contribution in [0.2, 0.25) is 0 Å². The molecule has 0 N–H and O–H groups in total. The van der Waals surface area contributed by atoms with Gasteiger partial charge in [-0.1, -0.05) is 67.4 Å². The molecule has 3 atom stereocenters. The van der Waals surface area contributed by atoms with E-state index in [1.54, 1.807) is 30.3 Å². The van der Waals surface area contributed by atoms with Crippen LogP contribution in [0.5, 0.6) is 11.5 Å². The minimum absolute atomic E-state index is 0.114. The molecule has 4 nitrogen and oxygen atoms in total. The molecule has 1 aliphatic rings. The van der Waals surface area contributed by atoms with E-state index >= 15 is 0 Å². The van der Waals surface area contributed by atoms with Crippen molar-refractivity contribution in [3.8, 4) is 17.6 Å². The highest BCUT2D eigenvalue weighted by molar-refractivity contribution is 6.55. The number of nitriles is 1. The van der Waals surface area contributed by atoms with Gasteiger partial charge in [-0.15, -0.1) is 0 Å². The number of para-hydroxylation sites is 1. The summed E-state index contributed by atoms with van der Waals surface area (Å²) in [7, 11) is 0. The fraction of sp³-hybridized carbons (Fsp3) is 0.273. The first-order valence-corrected chi connectivity index (χ1v) is 9.54. The van der Waals surface area contributed by atoms with Gasteiger partial charge in [0.15, 0.2) is 0 Å². The molecule has 3 rings (SSSR count). The predicted molar refractivity (Wildman–Crippen MR) is 108 cm³/mol. The molecule has 0 unspecified atom stereocenters. The third kappa shape index (κ3) is 4.49. The summed E-state index contributed by atoms with van der Waals surface area (Å²) in [6.45, 7) is 3.87. The van der Waals surface area contributed by atoms with Crippen LogP contribution in [0.1, 0.15) is 25.5 Å². The second-order valence-corrected chi connectivity index (χ2v) is 8.22. The topological polar surface area (TPSA) is 59.3 Å². The number of allylic oxidation sites excluding steroid dienone is 1. The predicted octanol–water partition coefficient (Wildman–Crippen LogP) is 6.18. The van der Waals surface area contributed by atoms with E-state index in [0.29, 0.717) is 17.1 Å². The van der Waals surface area contributed by atoms with E-state index < -0.39 is 12.1 Å². The normalized spacial score (nSPS) is 20.4. The average molecular weight is 416 g/mol. The monoisotopic (exact) mass is 415 g/mol. The number of carbonyl (C=O) groups is 1. The van der Waals surface area contributed by atoms with Crippen molar-refractivity contribution in [2.45, 2.75) is 20.0 Å². The lowest BCUT2D eigenvalue weighted by molar-refractivity contribution is -0.149. The fourth-order valence-electron chi connectivity index (χ4n) is 3.30. The van der Waals surface area contributed by atoms with Crippen molar-refractivity contribution in [3.63, 3.8) is 0 Å². The standard InChI is InChI=1S/C22H19Cl2NO3/c1-22(2)17(12-19(23)24)20(22)21(26)28-18(13-25)14-7-6-10-16(11-14)27-15-8-4-3-5-9-15/h3-12,17-18,20H,1-2H3/t17-,18+,20-/m0/s1. The van der Waals surface area contributed by atoms with Crippen LogP contribution < -0.4 is 4.74 Å². The van der Waals surface area contributed by atoms with Crippen molar-refractivity contribution >= 4 is 29.2 Å². The maximum atomic E-state index is 12.6. The van der Waals surface area contributed by atoms with Crippen LogP contribution in [0.4, 0.5) is 0 Å². The minimum atomic E-state index is -1.03. The van der Waals surface area contributed by atoms with E-state index in [0.717, 1.165) is 0 Å². The SMILES string of the molecule is CC1(C)[C@H](C(=O)O[C@H](C#N)c2cccc(Oc3ccccc3)c2)[C@@H]1C=C(Cl)Cl. The first kappa shape index (κ1) is 20.3. The van der Waals surface area contributed by atoms with E-state index in [-0.39, 0.29) is 21.7 Å². The molecule has 144 valence electrons. The molecule has 0 radical (unpaired) electrons. The number of ether oxygens (including phenoxy) is 2. The Bertz CT molecular complexity index is 930. The van der Waals surface area contributed by atoms with Crippen molar-refractivity contribution in [2.24, 2.45) is 17.3 Å². The summed E-state index contributed by atoms with van der Waals surface area (Å²) in [6.07, 6.45) is 0.615. The van der Waals surface area contributed by atoms with E-state index in [1.165, 1.54) is 0 Å². The number of hydrogen-bond donors (Lipinski definition) is 0. The van der Waals surface area contributed by atoms with Crippen LogP contribution in [0.3, 0.4) is 0 Å². The van der Waals surface area contributed by atoms with Crippen molar-refractivity contribution in [3.05, 3.63) is 70.7 Å². The van der Waals surface area contributed by atoms with Gasteiger partial charge in [0.05, 0.1) is 5.92 Å². The number of carbonyl (C=O) groups excluding carboxylic acids is 1. The van der Waals surface area contributed by atoms with Gasteiger partial charge in [0.1, 0.15) is 22.1 Å². The molecule has 0 saturated heterocycles. The van der Waals surface area contributed by atoms with Crippen LogP contribution in [-0.2, 0) is 9.53 Å². The Morgan fingerprint density at radius 2 is 1.82 bits per heavy atom. The van der Waals surface area contributed by atoms with Crippen molar-refractivity contribution in [1.82, 2.24) is 0 Å². The maximum absolute atomic E-state index is 12.6. The molecule has 28 heavy (non-hydrogen) atoms. The summed E-state index contributed by atoms with van der Waals surface area (Å²) in [5.74, 6) is 0.289. The lowest BCUT2D eigenvalue weighted by atomic mass is 10.1. The zero-order chi connectivity index (χ0) is 20.3. The highest BCUT2D eigenvalue weighted by Gasteiger charge is 2.62. The molecule has 0 heterocycles. The largest absolute Gasteiger partial charge is 0.457 e. The molecule has 2 aromatic carbocycles. The van der Waals surface area contributed by atoms with Crippen molar-refractivity contribution < 1.29 is 14.3 Å². The van der Waals surface area contributed by atoms with Gasteiger partial charge in [-0.25, -0.2) is 0 Å². The second-order valence-electron chi connectivity index (χ2n) is 7.21. The van der Waals surface area contributed by atoms with Gasteiger partial charge in [-0.05, 0) is 41.7 Å². The Morgan fingerprint density at radius 1 is 1.14 bits per heavy atom. The molecule has 0 bridgehead atoms. The Labute approximate surface area is 174 Å². The number of esters is 1. The summed E-state index contributed by atoms with van der Waals surface area (Å²) >= 11 is 11.5. The van der Waals surface area contributed by atoms with Gasteiger partial charge in [0, 0.05) is 5.56 Å². The van der Waals surface area contributed by atoms with Crippen LogP contribution in [0.25, 0.3) is 0 Å². The summed E-state index contributed by atoms with van der Waals surface area (Å²) in [5, 5.41) is 9.53. The summed E-state index contributed by atoms with van der Waals surface area (Å²) in [5.41, 5.74) is 0.231. The van der Waals surface area contributed by atoms with E-state index in [1.807, 2.05) is 50.2 Å². The third-order valence-corrected chi connectivity index (χ3v) is 5.21. The number of rotatable bonds is 6. The van der Waals surface area contributed by atoms with Gasteiger partial charge in [0.2, 0.25) is 6.10 Å². The molecule has 0 aliphatic heterocycles. The van der Waals surface area contributed by atoms with Crippen LogP contribution in [-0.4, -0.2) is 5.97 Å². The summed E-state index contributed by atoms with van der Waals surface area (Å²) in [4.78, 5) is 12.6. The average Bonchev–Trinajstić information content (AvgIpc) is 3.20. The molecule has 0 spiro atoms. The Balaban J connectivity index is 1.72. The molecule has 1 saturated carbocycles. The molecule has 1 fully saturated rings. The van der Waals surface area contributed by atoms with Gasteiger partial charge in [-0.3, -0.25) is 4.79 Å². The van der Waals surface area contributed by atoms with E-state index in [2.05, 4.69) is 0 Å². The van der Waals surface area contributed by atoms with Gasteiger partial charge in [0.25, 0.3) is 0 Å². The van der Waals surface area contributed by atoms with E-state index in [4.69, 9.17) is 32.7 Å². The lowest BCUT2D eigenvalue weighted by Gasteiger charge is -2.13. The number of benzene rings is 2. The van der Waals surface area contributed by atoms with Crippen LogP contribution in [0.15, 0.2) is 65.2 Å². The molecule has 1 aliphatic carbocycles. The van der Waals surface area contributed by atoms with Crippen LogP contribution in [0, 0.1) is 28.6 Å². The summed E-state index contributed by atoms with van der Waals surface area (Å²) < 4.78 is 11.4. The highest BCUT2D eigenvalue weighted by atomic mass is 35.5. The number of nitrogens with zero attached hydrogens (tertiary/aromatic N) is 1. The number of halogens is 2. The molecule has 2 aromatic rings. The highest BCUT2D eigenvalue weighted by Crippen LogP contribution is 2.60. The molecular weight excluding hydrogens is 397 g/mol. The Kier molecular flexibility index (Phi) is 5.98. The van der Waals surface area contributed by atoms with Crippen LogP contribution >= 0.6 is 23.2 Å². The second kappa shape index (κ2) is 8.26. The molecule has 0 amide bonds. The third-order valence-electron chi connectivity index (χ3n) is 4.96. The minimum Gasteiger partial charge on any atom is -0.457 e. The number of hydrogen-bond acceptors (Lipinski definition) is 4. The zero-order valence-electron chi connectivity index (χ0n) is 15.4. The first-order valence-electron chi connectivity index (χ1n) is 8.78. The molecular formula is C22H19Cl2NO3. The Morgan fingerprint density at radius 3 is 2.46 bits per heavy atom. The van der Waals surface area contributed by atoms with E-state index in [9.17, 15) is 10.1 Å². The maximum Gasteiger partial charge on any atom is 0.311 e. The zero-order valence-corrected chi connectivity index (χ0v) is 16.9. The van der Waals surface area contributed by atoms with Gasteiger partial charge < -0.3 is 9.47 Å². The Hall–Kier alpha value is -2.48. The lowest BCUT2D eigenvalue weighted by Crippen LogP contribution is -2.14. The smallest absolute Gasteiger partial charge is 0.311 e. The summed E-state index contributed by atoms with van der Waals surface area (Å²) in [6, 6.07) is 18.3. The fourth-order valence-corrected chi connectivity index (χ4v) is 3.57. The van der Waals surface area contributed by atoms with Gasteiger partial charge >= 0.3 is 5.97 Å². The van der Waals surface area contributed by atoms with Crippen molar-refractivity contribution in [1.29, 1.82) is 5.26 Å². The quantitative estimate of drug-likeness (QED) is 0.528. The molecule has 6 heteroatoms. The van der Waals surface area contributed by atoms with Gasteiger partial charge in [-0.2, -0.15) is 5.26 Å². The first-order chi connectivity index (χ1) is 13.3. The van der Waals surface area contributed by atoms with Crippen molar-refractivity contribution in [2.75, 3.05) is 0 Å².